The van der Waals surface area contributed by atoms with Gasteiger partial charge in [-0.25, -0.2) is 0 Å². The Kier molecular flexibility index (Phi) is 5.64. The summed E-state index contributed by atoms with van der Waals surface area (Å²) in [6.45, 7) is 6.78. The molecule has 1 fully saturated rings. The lowest BCUT2D eigenvalue weighted by Gasteiger charge is -2.32. The first-order valence-electron chi connectivity index (χ1n) is 10.2. The normalized spacial score (nSPS) is 17.8. The number of nitrogens with one attached hydrogen (secondary N) is 1. The molecule has 0 radical (unpaired) electrons. The van der Waals surface area contributed by atoms with Gasteiger partial charge in [0, 0.05) is 39.8 Å². The van der Waals surface area contributed by atoms with E-state index in [9.17, 15) is 4.79 Å². The number of para-hydroxylation sites is 2. The average molecular weight is 383 g/mol. The molecule has 0 spiro atoms. The topological polar surface area (TPSA) is 56.6 Å². The van der Waals surface area contributed by atoms with Gasteiger partial charge in [0.05, 0.1) is 23.3 Å². The molecule has 1 N–H and O–H groups in total. The number of likely N-dealkylation sites (N-methyl/N-ethyl adjacent to an activating group) is 1. The van der Waals surface area contributed by atoms with Crippen molar-refractivity contribution in [1.29, 1.82) is 0 Å². The molecule has 4 rings (SSSR count). The summed E-state index contributed by atoms with van der Waals surface area (Å²) in [5.41, 5.74) is 3.42. The van der Waals surface area contributed by atoms with Crippen molar-refractivity contribution in [2.24, 2.45) is 7.05 Å². The molecule has 0 bridgehead atoms. The van der Waals surface area contributed by atoms with Gasteiger partial charge < -0.3 is 20.0 Å². The van der Waals surface area contributed by atoms with E-state index in [1.807, 2.05) is 25.2 Å². The molecule has 1 aromatic carbocycles. The maximum Gasteiger partial charge on any atom is 0.276 e. The van der Waals surface area contributed by atoms with Crippen LogP contribution >= 0.6 is 0 Å². The van der Waals surface area contributed by atoms with Crippen LogP contribution < -0.4 is 10.2 Å². The fourth-order valence-corrected chi connectivity index (χ4v) is 4.11. The molecular formula is C21H30N6O. The number of aryl methyl sites for hydroxylation is 1. The molecule has 0 unspecified atom stereocenters. The van der Waals surface area contributed by atoms with Crippen LogP contribution in [0.15, 0.2) is 30.5 Å². The van der Waals surface area contributed by atoms with E-state index in [-0.39, 0.29) is 5.91 Å². The zero-order valence-corrected chi connectivity index (χ0v) is 16.9. The lowest BCUT2D eigenvalue weighted by atomic mass is 10.1. The number of aromatic nitrogens is 2. The maximum atomic E-state index is 12.7. The van der Waals surface area contributed by atoms with Gasteiger partial charge in [0.25, 0.3) is 5.91 Å². The maximum absolute atomic E-state index is 12.7. The van der Waals surface area contributed by atoms with E-state index >= 15 is 0 Å². The largest absolute Gasteiger partial charge is 0.337 e. The minimum absolute atomic E-state index is 0.0972. The molecule has 7 nitrogen and oxygen atoms in total. The molecule has 2 aliphatic rings. The first-order chi connectivity index (χ1) is 13.6. The summed E-state index contributed by atoms with van der Waals surface area (Å²) in [5, 5.41) is 7.36. The number of anilines is 3. The number of carbonyl (C=O) groups excluding carboxylic acids is 1. The SMILES string of the molecule is CN1CCN(CCCCCN2c3ccccc3NC(=O)c3c2cnn3C)CC1. The Bertz CT molecular complexity index is 824. The molecule has 0 saturated carbocycles. The Balaban J connectivity index is 1.39. The molecule has 2 aromatic rings. The highest BCUT2D eigenvalue weighted by molar-refractivity contribution is 6.11. The van der Waals surface area contributed by atoms with Crippen LogP contribution in [0.2, 0.25) is 0 Å². The highest BCUT2D eigenvalue weighted by Crippen LogP contribution is 2.37. The van der Waals surface area contributed by atoms with Gasteiger partial charge in [0.2, 0.25) is 0 Å². The molecule has 1 aromatic heterocycles. The average Bonchev–Trinajstić information content (AvgIpc) is 3.02. The number of carbonyl (C=O) groups is 1. The van der Waals surface area contributed by atoms with Gasteiger partial charge in [-0.1, -0.05) is 18.6 Å². The van der Waals surface area contributed by atoms with Crippen LogP contribution in [0.3, 0.4) is 0 Å². The van der Waals surface area contributed by atoms with Crippen molar-refractivity contribution in [3.63, 3.8) is 0 Å². The molecule has 3 heterocycles. The first kappa shape index (κ1) is 19.0. The number of nitrogens with zero attached hydrogens (tertiary/aromatic N) is 5. The monoisotopic (exact) mass is 382 g/mol. The summed E-state index contributed by atoms with van der Waals surface area (Å²) in [7, 11) is 4.02. The number of amides is 1. The lowest BCUT2D eigenvalue weighted by molar-refractivity contribution is 0.101. The van der Waals surface area contributed by atoms with Crippen molar-refractivity contribution >= 4 is 23.0 Å². The van der Waals surface area contributed by atoms with Gasteiger partial charge in [-0.15, -0.1) is 0 Å². The molecule has 1 saturated heterocycles. The molecule has 0 aliphatic carbocycles. The van der Waals surface area contributed by atoms with Gasteiger partial charge in [-0.05, 0) is 38.6 Å². The standard InChI is InChI=1S/C21H30N6O/c1-24-12-14-26(15-13-24)10-6-3-7-11-27-18-9-5-4-8-17(18)23-21(28)20-19(27)16-22-25(20)2/h4-5,8-9,16H,3,6-7,10-15H2,1-2H3,(H,23,28). The number of unbranched alkanes of at least 4 members (excludes halogenated alkanes) is 2. The zero-order chi connectivity index (χ0) is 19.5. The third kappa shape index (κ3) is 3.91. The minimum Gasteiger partial charge on any atom is -0.337 e. The minimum atomic E-state index is -0.0972. The van der Waals surface area contributed by atoms with Crippen molar-refractivity contribution < 1.29 is 4.79 Å². The Morgan fingerprint density at radius 1 is 0.964 bits per heavy atom. The van der Waals surface area contributed by atoms with E-state index in [0.29, 0.717) is 5.69 Å². The van der Waals surface area contributed by atoms with E-state index in [0.717, 1.165) is 30.0 Å². The predicted octanol–water partition coefficient (Wildman–Crippen LogP) is 2.54. The predicted molar refractivity (Wildman–Crippen MR) is 112 cm³/mol. The summed E-state index contributed by atoms with van der Waals surface area (Å²) in [6.07, 6.45) is 5.30. The van der Waals surface area contributed by atoms with Crippen molar-refractivity contribution in [2.45, 2.75) is 19.3 Å². The molecular weight excluding hydrogens is 352 g/mol. The number of piperazine rings is 1. The van der Waals surface area contributed by atoms with E-state index < -0.39 is 0 Å². The number of rotatable bonds is 6. The Morgan fingerprint density at radius 3 is 2.54 bits per heavy atom. The van der Waals surface area contributed by atoms with E-state index in [4.69, 9.17) is 0 Å². The van der Waals surface area contributed by atoms with Crippen molar-refractivity contribution in [3.05, 3.63) is 36.2 Å². The lowest BCUT2D eigenvalue weighted by Crippen LogP contribution is -2.44. The van der Waals surface area contributed by atoms with Gasteiger partial charge in [-0.2, -0.15) is 5.10 Å². The third-order valence-electron chi connectivity index (χ3n) is 5.82. The number of hydrogen-bond acceptors (Lipinski definition) is 5. The van der Waals surface area contributed by atoms with E-state index in [1.165, 1.54) is 45.6 Å². The van der Waals surface area contributed by atoms with E-state index in [1.54, 1.807) is 10.9 Å². The van der Waals surface area contributed by atoms with Gasteiger partial charge in [0.15, 0.2) is 0 Å². The summed E-state index contributed by atoms with van der Waals surface area (Å²) in [4.78, 5) is 19.9. The second-order valence-corrected chi connectivity index (χ2v) is 7.83. The van der Waals surface area contributed by atoms with Gasteiger partial charge in [-0.3, -0.25) is 9.48 Å². The summed E-state index contributed by atoms with van der Waals surface area (Å²) in [6, 6.07) is 8.02. The Labute approximate surface area is 166 Å². The fourth-order valence-electron chi connectivity index (χ4n) is 4.11. The summed E-state index contributed by atoms with van der Waals surface area (Å²) >= 11 is 0. The second-order valence-electron chi connectivity index (χ2n) is 7.83. The van der Waals surface area contributed by atoms with Gasteiger partial charge in [0.1, 0.15) is 5.69 Å². The summed E-state index contributed by atoms with van der Waals surface area (Å²) in [5.74, 6) is -0.0972. The third-order valence-corrected chi connectivity index (χ3v) is 5.82. The van der Waals surface area contributed by atoms with Crippen LogP contribution in [-0.2, 0) is 7.05 Å². The van der Waals surface area contributed by atoms with Crippen molar-refractivity contribution in [2.75, 3.05) is 56.5 Å². The zero-order valence-electron chi connectivity index (χ0n) is 16.9. The molecule has 28 heavy (non-hydrogen) atoms. The molecule has 7 heteroatoms. The van der Waals surface area contributed by atoms with Crippen molar-refractivity contribution in [3.8, 4) is 0 Å². The number of benzene rings is 1. The van der Waals surface area contributed by atoms with Crippen LogP contribution in [0.25, 0.3) is 0 Å². The van der Waals surface area contributed by atoms with Crippen LogP contribution in [0.4, 0.5) is 17.1 Å². The fraction of sp³-hybridized carbons (Fsp3) is 0.524. The molecule has 150 valence electrons. The molecule has 0 atom stereocenters. The Hall–Kier alpha value is -2.38. The van der Waals surface area contributed by atoms with Crippen LogP contribution in [0, 0.1) is 0 Å². The van der Waals surface area contributed by atoms with Crippen molar-refractivity contribution in [1.82, 2.24) is 19.6 Å². The van der Waals surface area contributed by atoms with Crippen LogP contribution in [0.5, 0.6) is 0 Å². The first-order valence-corrected chi connectivity index (χ1v) is 10.2. The van der Waals surface area contributed by atoms with Crippen LogP contribution in [-0.4, -0.2) is 71.8 Å². The highest BCUT2D eigenvalue weighted by atomic mass is 16.2. The molecule has 2 aliphatic heterocycles. The quantitative estimate of drug-likeness (QED) is 0.778. The Morgan fingerprint density at radius 2 is 1.71 bits per heavy atom. The smallest absolute Gasteiger partial charge is 0.276 e. The summed E-state index contributed by atoms with van der Waals surface area (Å²) < 4.78 is 1.66. The highest BCUT2D eigenvalue weighted by Gasteiger charge is 2.28. The number of fused-ring (bicyclic) bond motifs is 2. The van der Waals surface area contributed by atoms with E-state index in [2.05, 4.69) is 38.2 Å². The molecule has 1 amide bonds. The number of hydrogen-bond donors (Lipinski definition) is 1. The second kappa shape index (κ2) is 8.32. The van der Waals surface area contributed by atoms with Crippen LogP contribution in [0.1, 0.15) is 29.8 Å². The van der Waals surface area contributed by atoms with Gasteiger partial charge >= 0.3 is 0 Å².